The van der Waals surface area contributed by atoms with Gasteiger partial charge in [-0.15, -0.1) is 0 Å². The Morgan fingerprint density at radius 1 is 1.15 bits per heavy atom. The summed E-state index contributed by atoms with van der Waals surface area (Å²) in [6.45, 7) is 6.56. The third-order valence-electron chi connectivity index (χ3n) is 3.92. The molecule has 6 heteroatoms. The molecule has 0 aromatic heterocycles. The Kier molecular flexibility index (Phi) is 6.78. The van der Waals surface area contributed by atoms with Crippen LogP contribution in [0.4, 0.5) is 0 Å². The maximum Gasteiger partial charge on any atom is 0.254 e. The summed E-state index contributed by atoms with van der Waals surface area (Å²) in [5.41, 5.74) is 1.89. The Morgan fingerprint density at radius 3 is 2.41 bits per heavy atom. The molecule has 0 heterocycles. The molecule has 5 nitrogen and oxygen atoms in total. The summed E-state index contributed by atoms with van der Waals surface area (Å²) in [5, 5.41) is 5.20. The first-order chi connectivity index (χ1) is 12.7. The highest BCUT2D eigenvalue weighted by molar-refractivity contribution is 7.89. The average Bonchev–Trinajstić information content (AvgIpc) is 2.60. The van der Waals surface area contributed by atoms with E-state index in [0.717, 1.165) is 5.56 Å². The lowest BCUT2D eigenvalue weighted by molar-refractivity contribution is 0.0758. The lowest BCUT2D eigenvalue weighted by atomic mass is 10.1. The molecule has 0 atom stereocenters. The highest BCUT2D eigenvalue weighted by Crippen LogP contribution is 2.17. The second kappa shape index (κ2) is 8.85. The number of benzene rings is 2. The van der Waals surface area contributed by atoms with Crippen LogP contribution in [-0.4, -0.2) is 32.3 Å². The molecule has 2 aromatic carbocycles. The minimum atomic E-state index is -3.88. The number of primary sulfonamides is 1. The van der Waals surface area contributed by atoms with Crippen molar-refractivity contribution in [1.29, 1.82) is 0 Å². The molecular weight excluding hydrogens is 360 g/mol. The first-order valence-electron chi connectivity index (χ1n) is 8.65. The van der Waals surface area contributed by atoms with Crippen LogP contribution in [0.1, 0.15) is 35.3 Å². The molecule has 0 saturated heterocycles. The number of hydrogen-bond donors (Lipinski definition) is 1. The largest absolute Gasteiger partial charge is 0.327 e. The molecule has 0 radical (unpaired) electrons. The number of carbonyl (C=O) groups is 1. The minimum Gasteiger partial charge on any atom is -0.327 e. The van der Waals surface area contributed by atoms with Crippen LogP contribution >= 0.6 is 0 Å². The maximum absolute atomic E-state index is 13.0. The van der Waals surface area contributed by atoms with Crippen LogP contribution in [0, 0.1) is 24.7 Å². The number of nitrogens with two attached hydrogens (primary N) is 1. The molecule has 27 heavy (non-hydrogen) atoms. The van der Waals surface area contributed by atoms with Crippen LogP contribution in [0.5, 0.6) is 0 Å². The summed E-state index contributed by atoms with van der Waals surface area (Å²) in [4.78, 5) is 14.6. The predicted molar refractivity (Wildman–Crippen MR) is 107 cm³/mol. The summed E-state index contributed by atoms with van der Waals surface area (Å²) in [6.07, 6.45) is 0. The smallest absolute Gasteiger partial charge is 0.254 e. The van der Waals surface area contributed by atoms with Crippen LogP contribution in [0.25, 0.3) is 0 Å². The van der Waals surface area contributed by atoms with E-state index in [1.807, 2.05) is 44.2 Å². The number of aryl methyl sites for hydroxylation is 1. The van der Waals surface area contributed by atoms with Gasteiger partial charge in [0.2, 0.25) is 10.0 Å². The number of hydrogen-bond acceptors (Lipinski definition) is 3. The van der Waals surface area contributed by atoms with Gasteiger partial charge >= 0.3 is 0 Å². The fraction of sp³-hybridized carbons (Fsp3) is 0.286. The molecule has 0 aliphatic rings. The zero-order valence-corrected chi connectivity index (χ0v) is 16.6. The first-order valence-corrected chi connectivity index (χ1v) is 10.2. The first kappa shape index (κ1) is 20.7. The van der Waals surface area contributed by atoms with Gasteiger partial charge in [0.05, 0.1) is 11.4 Å². The quantitative estimate of drug-likeness (QED) is 0.805. The van der Waals surface area contributed by atoms with E-state index >= 15 is 0 Å². The Balaban J connectivity index is 2.31. The van der Waals surface area contributed by atoms with Crippen molar-refractivity contribution in [3.63, 3.8) is 0 Å². The fourth-order valence-corrected chi connectivity index (χ4v) is 3.14. The van der Waals surface area contributed by atoms with Gasteiger partial charge in [-0.25, -0.2) is 13.6 Å². The fourth-order valence-electron chi connectivity index (χ4n) is 2.60. The van der Waals surface area contributed by atoms with E-state index < -0.39 is 10.0 Å². The van der Waals surface area contributed by atoms with Gasteiger partial charge in [0.25, 0.3) is 5.91 Å². The second-order valence-corrected chi connectivity index (χ2v) is 8.33. The number of carbonyl (C=O) groups excluding carboxylic acids is 1. The van der Waals surface area contributed by atoms with Crippen molar-refractivity contribution in [2.24, 2.45) is 11.1 Å². The van der Waals surface area contributed by atoms with Crippen LogP contribution in [0.2, 0.25) is 0 Å². The van der Waals surface area contributed by atoms with E-state index in [4.69, 9.17) is 5.14 Å². The lowest BCUT2D eigenvalue weighted by Gasteiger charge is -2.23. The Bertz CT molecular complexity index is 971. The van der Waals surface area contributed by atoms with E-state index in [9.17, 15) is 13.2 Å². The highest BCUT2D eigenvalue weighted by atomic mass is 32.2. The monoisotopic (exact) mass is 384 g/mol. The van der Waals surface area contributed by atoms with Crippen molar-refractivity contribution >= 4 is 15.9 Å². The Hall–Kier alpha value is -2.62. The van der Waals surface area contributed by atoms with Crippen LogP contribution in [0.15, 0.2) is 53.4 Å². The molecule has 0 unspecified atom stereocenters. The van der Waals surface area contributed by atoms with Crippen LogP contribution in [-0.2, 0) is 10.0 Å². The van der Waals surface area contributed by atoms with Gasteiger partial charge in [0.1, 0.15) is 0 Å². The summed E-state index contributed by atoms with van der Waals surface area (Å²) in [6, 6.07) is 13.9. The molecule has 0 bridgehead atoms. The Morgan fingerprint density at radius 2 is 1.81 bits per heavy atom. The molecule has 0 fully saturated rings. The molecular formula is C21H24N2O3S. The molecule has 2 aromatic rings. The molecule has 2 N–H and O–H groups in total. The molecule has 2 rings (SSSR count). The predicted octanol–water partition coefficient (Wildman–Crippen LogP) is 2.79. The van der Waals surface area contributed by atoms with E-state index in [0.29, 0.717) is 17.7 Å². The van der Waals surface area contributed by atoms with E-state index in [1.165, 1.54) is 12.1 Å². The van der Waals surface area contributed by atoms with Crippen molar-refractivity contribution in [1.82, 2.24) is 4.90 Å². The van der Waals surface area contributed by atoms with Gasteiger partial charge in [-0.3, -0.25) is 4.79 Å². The van der Waals surface area contributed by atoms with Gasteiger partial charge in [0, 0.05) is 17.7 Å². The second-order valence-electron chi connectivity index (χ2n) is 6.77. The summed E-state index contributed by atoms with van der Waals surface area (Å²) < 4.78 is 23.3. The zero-order chi connectivity index (χ0) is 20.0. The topological polar surface area (TPSA) is 80.5 Å². The normalized spacial score (nSPS) is 11.0. The van der Waals surface area contributed by atoms with E-state index in [-0.39, 0.29) is 23.3 Å². The van der Waals surface area contributed by atoms with Crippen molar-refractivity contribution in [3.05, 3.63) is 65.2 Å². The van der Waals surface area contributed by atoms with Crippen LogP contribution in [0.3, 0.4) is 0 Å². The highest BCUT2D eigenvalue weighted by Gasteiger charge is 2.20. The molecule has 0 aliphatic heterocycles. The number of sulfonamides is 1. The third kappa shape index (κ3) is 5.95. The number of nitrogens with zero attached hydrogens (tertiary/aromatic N) is 1. The van der Waals surface area contributed by atoms with Gasteiger partial charge in [-0.05, 0) is 42.7 Å². The molecule has 0 spiro atoms. The molecule has 0 saturated carbocycles. The van der Waals surface area contributed by atoms with Crippen molar-refractivity contribution < 1.29 is 13.2 Å². The number of rotatable bonds is 5. The van der Waals surface area contributed by atoms with Gasteiger partial charge in [-0.2, -0.15) is 0 Å². The van der Waals surface area contributed by atoms with Gasteiger partial charge < -0.3 is 4.90 Å². The van der Waals surface area contributed by atoms with E-state index in [2.05, 4.69) is 11.8 Å². The van der Waals surface area contributed by atoms with Crippen molar-refractivity contribution in [2.75, 3.05) is 13.1 Å². The standard InChI is InChI=1S/C21H24N2O3S/c1-16(2)15-23(13-7-10-18-8-5-4-6-9-18)21(24)20-14-19(27(22,25)26)12-11-17(20)3/h4-6,8-9,11-12,14,16H,13,15H2,1-3H3,(H2,22,25,26). The average molecular weight is 385 g/mol. The van der Waals surface area contributed by atoms with Crippen molar-refractivity contribution in [3.8, 4) is 11.8 Å². The molecule has 1 amide bonds. The van der Waals surface area contributed by atoms with Gasteiger partial charge in [0.15, 0.2) is 0 Å². The molecule has 0 aliphatic carbocycles. The number of amides is 1. The summed E-state index contributed by atoms with van der Waals surface area (Å²) in [5.74, 6) is 6.07. The van der Waals surface area contributed by atoms with Crippen molar-refractivity contribution in [2.45, 2.75) is 25.7 Å². The maximum atomic E-state index is 13.0. The van der Waals surface area contributed by atoms with Gasteiger partial charge in [-0.1, -0.05) is 50.0 Å². The van der Waals surface area contributed by atoms with E-state index in [1.54, 1.807) is 17.9 Å². The molecule has 142 valence electrons. The third-order valence-corrected chi connectivity index (χ3v) is 4.83. The summed E-state index contributed by atoms with van der Waals surface area (Å²) in [7, 11) is -3.88. The lowest BCUT2D eigenvalue weighted by Crippen LogP contribution is -2.35. The minimum absolute atomic E-state index is 0.0729. The summed E-state index contributed by atoms with van der Waals surface area (Å²) >= 11 is 0. The van der Waals surface area contributed by atoms with Crippen LogP contribution < -0.4 is 5.14 Å². The zero-order valence-electron chi connectivity index (χ0n) is 15.8. The Labute approximate surface area is 161 Å². The SMILES string of the molecule is Cc1ccc(S(N)(=O)=O)cc1C(=O)N(CC#Cc1ccccc1)CC(C)C.